The maximum absolute atomic E-state index is 11.6. The zero-order valence-corrected chi connectivity index (χ0v) is 15.0. The van der Waals surface area contributed by atoms with E-state index in [0.29, 0.717) is 31.4 Å². The molecule has 2 aromatic carbocycles. The van der Waals surface area contributed by atoms with Gasteiger partial charge < -0.3 is 10.2 Å². The van der Waals surface area contributed by atoms with Crippen LogP contribution in [0.5, 0.6) is 0 Å². The molecule has 0 spiro atoms. The maximum Gasteiger partial charge on any atom is 0.133 e. The molecule has 1 aromatic heterocycles. The number of aliphatic hydroxyl groups is 2. The quantitative estimate of drug-likeness (QED) is 0.746. The monoisotopic (exact) mass is 362 g/mol. The second kappa shape index (κ2) is 7.10. The summed E-state index contributed by atoms with van der Waals surface area (Å²) >= 11 is 0. The molecule has 0 unspecified atom stereocenters. The summed E-state index contributed by atoms with van der Waals surface area (Å²) < 4.78 is 1.83. The Labute approximate surface area is 157 Å². The van der Waals surface area contributed by atoms with Crippen molar-refractivity contribution in [1.29, 1.82) is 0 Å². The average Bonchev–Trinajstić information content (AvgIpc) is 3.17. The van der Waals surface area contributed by atoms with Gasteiger partial charge in [0.2, 0.25) is 0 Å². The summed E-state index contributed by atoms with van der Waals surface area (Å²) in [6.45, 7) is -0.00272. The highest BCUT2D eigenvalue weighted by Gasteiger charge is 2.37. The van der Waals surface area contributed by atoms with Crippen molar-refractivity contribution in [1.82, 2.24) is 9.78 Å². The van der Waals surface area contributed by atoms with Crippen LogP contribution in [0.15, 0.2) is 60.7 Å². The lowest BCUT2D eigenvalue weighted by atomic mass is 9.82. The number of ketones is 1. The van der Waals surface area contributed by atoms with Crippen molar-refractivity contribution in [3.05, 3.63) is 71.9 Å². The summed E-state index contributed by atoms with van der Waals surface area (Å²) in [6.07, 6.45) is 1.57. The number of carbonyl (C=O) groups is 1. The third-order valence-electron chi connectivity index (χ3n) is 5.25. The second-order valence-corrected chi connectivity index (χ2v) is 7.09. The molecule has 5 nitrogen and oxygen atoms in total. The predicted molar refractivity (Wildman–Crippen MR) is 102 cm³/mol. The fourth-order valence-corrected chi connectivity index (χ4v) is 3.56. The Hall–Kier alpha value is -2.76. The van der Waals surface area contributed by atoms with Gasteiger partial charge in [-0.1, -0.05) is 42.5 Å². The van der Waals surface area contributed by atoms with Crippen LogP contribution < -0.4 is 0 Å². The van der Waals surface area contributed by atoms with E-state index in [9.17, 15) is 15.0 Å². The Bertz CT molecular complexity index is 935. The third kappa shape index (κ3) is 3.44. The van der Waals surface area contributed by atoms with Crippen LogP contribution >= 0.6 is 0 Å². The minimum absolute atomic E-state index is 0.00272. The number of benzene rings is 2. The summed E-state index contributed by atoms with van der Waals surface area (Å²) in [7, 11) is 0. The van der Waals surface area contributed by atoms with Gasteiger partial charge in [-0.2, -0.15) is 5.10 Å². The number of carbonyl (C=O) groups excluding carboxylic acids is 1. The molecule has 4 rings (SSSR count). The fourth-order valence-electron chi connectivity index (χ4n) is 3.56. The van der Waals surface area contributed by atoms with E-state index in [0.717, 1.165) is 22.5 Å². The Balaban J connectivity index is 1.81. The molecule has 3 aromatic rings. The highest BCUT2D eigenvalue weighted by molar-refractivity contribution is 5.79. The number of para-hydroxylation sites is 1. The van der Waals surface area contributed by atoms with Crippen molar-refractivity contribution in [3.8, 4) is 16.9 Å². The van der Waals surface area contributed by atoms with Gasteiger partial charge in [-0.15, -0.1) is 0 Å². The van der Waals surface area contributed by atoms with E-state index < -0.39 is 5.60 Å². The van der Waals surface area contributed by atoms with Gasteiger partial charge in [0.25, 0.3) is 0 Å². The van der Waals surface area contributed by atoms with E-state index in [4.69, 9.17) is 5.10 Å². The second-order valence-electron chi connectivity index (χ2n) is 7.09. The third-order valence-corrected chi connectivity index (χ3v) is 5.25. The summed E-state index contributed by atoms with van der Waals surface area (Å²) in [4.78, 5) is 11.6. The predicted octanol–water partition coefficient (Wildman–Crippen LogP) is 3.36. The Morgan fingerprint density at radius 3 is 2.30 bits per heavy atom. The first kappa shape index (κ1) is 17.6. The van der Waals surface area contributed by atoms with Gasteiger partial charge in [0.05, 0.1) is 23.7 Å². The summed E-state index contributed by atoms with van der Waals surface area (Å²) in [6, 6.07) is 19.3. The number of aromatic nitrogens is 2. The SMILES string of the molecule is O=C1CCC(O)(c2cc(-c3ccc(CO)cc3)n(-c3ccccc3)n2)CC1. The molecule has 0 amide bonds. The van der Waals surface area contributed by atoms with Crippen LogP contribution in [0.2, 0.25) is 0 Å². The molecule has 5 heteroatoms. The van der Waals surface area contributed by atoms with Crippen molar-refractivity contribution < 1.29 is 15.0 Å². The lowest BCUT2D eigenvalue weighted by molar-refractivity contribution is -0.125. The van der Waals surface area contributed by atoms with E-state index in [1.54, 1.807) is 0 Å². The van der Waals surface area contributed by atoms with Gasteiger partial charge in [0.15, 0.2) is 0 Å². The highest BCUT2D eigenvalue weighted by Crippen LogP contribution is 2.37. The zero-order chi connectivity index (χ0) is 18.9. The van der Waals surface area contributed by atoms with Crippen LogP contribution in [-0.2, 0) is 17.0 Å². The molecule has 0 saturated heterocycles. The molecule has 1 heterocycles. The number of aliphatic hydroxyl groups excluding tert-OH is 1. The van der Waals surface area contributed by atoms with E-state index in [1.807, 2.05) is 65.3 Å². The van der Waals surface area contributed by atoms with Gasteiger partial charge >= 0.3 is 0 Å². The zero-order valence-electron chi connectivity index (χ0n) is 15.0. The van der Waals surface area contributed by atoms with Crippen LogP contribution in [0.3, 0.4) is 0 Å². The molecule has 2 N–H and O–H groups in total. The van der Waals surface area contributed by atoms with E-state index in [1.165, 1.54) is 0 Å². The summed E-state index contributed by atoms with van der Waals surface area (Å²) in [5, 5.41) is 25.1. The molecule has 138 valence electrons. The minimum Gasteiger partial charge on any atom is -0.392 e. The molecule has 1 aliphatic rings. The summed E-state index contributed by atoms with van der Waals surface area (Å²) in [5.41, 5.74) is 3.08. The number of Topliss-reactive ketones (excluding diaryl/α,β-unsaturated/α-hetero) is 1. The van der Waals surface area contributed by atoms with Gasteiger partial charge in [-0.05, 0) is 36.6 Å². The van der Waals surface area contributed by atoms with Gasteiger partial charge in [0, 0.05) is 18.4 Å². The van der Waals surface area contributed by atoms with Crippen molar-refractivity contribution in [2.24, 2.45) is 0 Å². The Morgan fingerprint density at radius 1 is 1.00 bits per heavy atom. The number of hydrogen-bond acceptors (Lipinski definition) is 4. The molecular formula is C22H22N2O3. The van der Waals surface area contributed by atoms with Crippen molar-refractivity contribution in [2.45, 2.75) is 37.9 Å². The summed E-state index contributed by atoms with van der Waals surface area (Å²) in [5.74, 6) is 0.196. The van der Waals surface area contributed by atoms with Crippen LogP contribution in [0.1, 0.15) is 36.9 Å². The van der Waals surface area contributed by atoms with Crippen LogP contribution in [0.25, 0.3) is 16.9 Å². The molecule has 0 atom stereocenters. The first-order valence-electron chi connectivity index (χ1n) is 9.19. The standard InChI is InChI=1S/C22H22N2O3/c25-15-16-6-8-17(9-7-16)20-14-21(22(27)12-10-19(26)11-13-22)23-24(20)18-4-2-1-3-5-18/h1-9,14,25,27H,10-13,15H2. The molecule has 1 aliphatic carbocycles. The Morgan fingerprint density at radius 2 is 1.67 bits per heavy atom. The molecule has 0 radical (unpaired) electrons. The fraction of sp³-hybridized carbons (Fsp3) is 0.273. The lowest BCUT2D eigenvalue weighted by Crippen LogP contribution is -2.32. The molecule has 27 heavy (non-hydrogen) atoms. The smallest absolute Gasteiger partial charge is 0.133 e. The first-order valence-corrected chi connectivity index (χ1v) is 9.19. The minimum atomic E-state index is -1.08. The van der Waals surface area contributed by atoms with E-state index in [2.05, 4.69) is 0 Å². The van der Waals surface area contributed by atoms with Crippen LogP contribution in [0, 0.1) is 0 Å². The van der Waals surface area contributed by atoms with Gasteiger partial charge in [-0.25, -0.2) is 4.68 Å². The van der Waals surface area contributed by atoms with Crippen molar-refractivity contribution in [3.63, 3.8) is 0 Å². The molecule has 1 saturated carbocycles. The molecular weight excluding hydrogens is 340 g/mol. The largest absolute Gasteiger partial charge is 0.392 e. The number of rotatable bonds is 4. The van der Waals surface area contributed by atoms with E-state index >= 15 is 0 Å². The first-order chi connectivity index (χ1) is 13.1. The topological polar surface area (TPSA) is 75.3 Å². The van der Waals surface area contributed by atoms with E-state index in [-0.39, 0.29) is 12.4 Å². The maximum atomic E-state index is 11.6. The highest BCUT2D eigenvalue weighted by atomic mass is 16.3. The normalized spacial score (nSPS) is 16.4. The lowest BCUT2D eigenvalue weighted by Gasteiger charge is -2.29. The van der Waals surface area contributed by atoms with Crippen molar-refractivity contribution >= 4 is 5.78 Å². The molecule has 1 fully saturated rings. The number of hydrogen-bond donors (Lipinski definition) is 2. The van der Waals surface area contributed by atoms with Crippen LogP contribution in [0.4, 0.5) is 0 Å². The van der Waals surface area contributed by atoms with Gasteiger partial charge in [0.1, 0.15) is 11.4 Å². The average molecular weight is 362 g/mol. The molecule has 0 aliphatic heterocycles. The van der Waals surface area contributed by atoms with Crippen molar-refractivity contribution in [2.75, 3.05) is 0 Å². The molecule has 0 bridgehead atoms. The van der Waals surface area contributed by atoms with Crippen LogP contribution in [-0.4, -0.2) is 25.8 Å². The van der Waals surface area contributed by atoms with Gasteiger partial charge in [-0.3, -0.25) is 4.79 Å². The Kier molecular flexibility index (Phi) is 4.64. The number of nitrogens with zero attached hydrogens (tertiary/aromatic N) is 2.